The van der Waals surface area contributed by atoms with Gasteiger partial charge in [0, 0.05) is 6.54 Å². The molecule has 0 aliphatic rings. The summed E-state index contributed by atoms with van der Waals surface area (Å²) in [5.74, 6) is -0.701. The molecule has 2 aromatic carbocycles. The summed E-state index contributed by atoms with van der Waals surface area (Å²) in [6.07, 6.45) is -9.50. The molecule has 1 amide bonds. The number of hydrogen-bond acceptors (Lipinski definition) is 3. The van der Waals surface area contributed by atoms with Crippen LogP contribution in [0.5, 0.6) is 11.5 Å². The molecule has 29 heavy (non-hydrogen) atoms. The number of halogens is 6. The highest BCUT2D eigenvalue weighted by Crippen LogP contribution is 2.38. The summed E-state index contributed by atoms with van der Waals surface area (Å²) in [5, 5.41) is 2.48. The van der Waals surface area contributed by atoms with Crippen molar-refractivity contribution >= 4 is 5.91 Å². The highest BCUT2D eigenvalue weighted by atomic mass is 19.4. The molecule has 0 radical (unpaired) electrons. The molecule has 4 nitrogen and oxygen atoms in total. The molecule has 2 rings (SSSR count). The van der Waals surface area contributed by atoms with Crippen LogP contribution >= 0.6 is 0 Å². The minimum absolute atomic E-state index is 0.0121. The van der Waals surface area contributed by atoms with Crippen LogP contribution in [0.3, 0.4) is 0 Å². The van der Waals surface area contributed by atoms with Gasteiger partial charge in [-0.05, 0) is 42.3 Å². The number of rotatable bonds is 7. The van der Waals surface area contributed by atoms with E-state index in [1.807, 2.05) is 0 Å². The van der Waals surface area contributed by atoms with E-state index in [2.05, 4.69) is 5.32 Å². The first-order chi connectivity index (χ1) is 13.5. The van der Waals surface area contributed by atoms with Crippen molar-refractivity contribution in [1.82, 2.24) is 5.32 Å². The van der Waals surface area contributed by atoms with Crippen LogP contribution in [0, 0.1) is 0 Å². The third-order valence-corrected chi connectivity index (χ3v) is 3.83. The van der Waals surface area contributed by atoms with E-state index < -0.39 is 41.7 Å². The van der Waals surface area contributed by atoms with Crippen LogP contribution in [-0.4, -0.2) is 26.2 Å². The molecule has 1 N–H and O–H groups in total. The van der Waals surface area contributed by atoms with Crippen LogP contribution in [0.2, 0.25) is 0 Å². The van der Waals surface area contributed by atoms with E-state index in [0.29, 0.717) is 24.3 Å². The van der Waals surface area contributed by atoms with Gasteiger partial charge in [-0.25, -0.2) is 0 Å². The highest BCUT2D eigenvalue weighted by molar-refractivity contribution is 5.77. The lowest BCUT2D eigenvalue weighted by Gasteiger charge is -2.14. The van der Waals surface area contributed by atoms with Gasteiger partial charge in [-0.2, -0.15) is 26.3 Å². The molecule has 0 saturated carbocycles. The van der Waals surface area contributed by atoms with E-state index >= 15 is 0 Å². The van der Waals surface area contributed by atoms with Crippen molar-refractivity contribution in [3.05, 3.63) is 59.2 Å². The van der Waals surface area contributed by atoms with Gasteiger partial charge >= 0.3 is 12.4 Å². The maximum atomic E-state index is 12.8. The first-order valence-corrected chi connectivity index (χ1v) is 8.31. The van der Waals surface area contributed by atoms with Crippen molar-refractivity contribution in [2.75, 3.05) is 20.3 Å². The largest absolute Gasteiger partial charge is 0.497 e. The Kier molecular flexibility index (Phi) is 6.99. The predicted molar refractivity (Wildman–Crippen MR) is 91.6 cm³/mol. The summed E-state index contributed by atoms with van der Waals surface area (Å²) in [4.78, 5) is 11.8. The maximum Gasteiger partial charge on any atom is 0.416 e. The monoisotopic (exact) mass is 421 g/mol. The normalized spacial score (nSPS) is 11.8. The molecule has 0 aromatic heterocycles. The summed E-state index contributed by atoms with van der Waals surface area (Å²) in [6, 6.07) is 7.89. The fourth-order valence-electron chi connectivity index (χ4n) is 2.35. The number of hydrogen-bond donors (Lipinski definition) is 1. The van der Waals surface area contributed by atoms with Gasteiger partial charge in [-0.15, -0.1) is 0 Å². The number of methoxy groups -OCH3 is 1. The van der Waals surface area contributed by atoms with Crippen molar-refractivity contribution < 1.29 is 40.6 Å². The molecule has 0 spiro atoms. The number of ether oxygens (including phenoxy) is 2. The fourth-order valence-corrected chi connectivity index (χ4v) is 2.35. The number of benzene rings is 2. The summed E-state index contributed by atoms with van der Waals surface area (Å²) in [6.45, 7) is -0.508. The van der Waals surface area contributed by atoms with Gasteiger partial charge in [0.1, 0.15) is 11.5 Å². The smallest absolute Gasteiger partial charge is 0.416 e. The number of carbonyl (C=O) groups is 1. The van der Waals surface area contributed by atoms with Gasteiger partial charge in [0.05, 0.1) is 18.2 Å². The minimum atomic E-state index is -4.99. The zero-order valence-electron chi connectivity index (χ0n) is 15.2. The van der Waals surface area contributed by atoms with Crippen LogP contribution < -0.4 is 14.8 Å². The lowest BCUT2D eigenvalue weighted by Crippen LogP contribution is -2.30. The van der Waals surface area contributed by atoms with Crippen molar-refractivity contribution in [3.63, 3.8) is 0 Å². The highest BCUT2D eigenvalue weighted by Gasteiger charge is 2.37. The predicted octanol–water partition coefficient (Wildman–Crippen LogP) is 4.47. The molecule has 10 heteroatoms. The Morgan fingerprint density at radius 2 is 1.45 bits per heavy atom. The lowest BCUT2D eigenvalue weighted by molar-refractivity contribution is -0.143. The Balaban J connectivity index is 1.93. The van der Waals surface area contributed by atoms with E-state index in [0.717, 1.165) is 5.56 Å². The first kappa shape index (κ1) is 22.4. The summed E-state index contributed by atoms with van der Waals surface area (Å²) in [7, 11) is 1.53. The Labute approximate surface area is 162 Å². The second-order valence-electron chi connectivity index (χ2n) is 5.98. The third-order valence-electron chi connectivity index (χ3n) is 3.83. The van der Waals surface area contributed by atoms with Gasteiger partial charge < -0.3 is 14.8 Å². The van der Waals surface area contributed by atoms with Crippen molar-refractivity contribution in [1.29, 1.82) is 0 Å². The van der Waals surface area contributed by atoms with E-state index in [1.54, 1.807) is 24.3 Å². The Hall–Kier alpha value is -2.91. The molecule has 2 aromatic rings. The average molecular weight is 421 g/mol. The molecule has 0 bridgehead atoms. The average Bonchev–Trinajstić information content (AvgIpc) is 2.65. The van der Waals surface area contributed by atoms with Gasteiger partial charge in [0.15, 0.2) is 6.61 Å². The molecule has 0 heterocycles. The molecular weight excluding hydrogens is 404 g/mol. The Bertz CT molecular complexity index is 799. The molecular formula is C19H17F6NO3. The minimum Gasteiger partial charge on any atom is -0.497 e. The Morgan fingerprint density at radius 1 is 0.897 bits per heavy atom. The fraction of sp³-hybridized carbons (Fsp3) is 0.316. The third kappa shape index (κ3) is 6.88. The molecule has 0 saturated heterocycles. The zero-order valence-corrected chi connectivity index (χ0v) is 15.2. The van der Waals surface area contributed by atoms with Crippen molar-refractivity contribution in [2.24, 2.45) is 0 Å². The summed E-state index contributed by atoms with van der Waals surface area (Å²) >= 11 is 0. The van der Waals surface area contributed by atoms with Crippen LogP contribution in [0.4, 0.5) is 26.3 Å². The quantitative estimate of drug-likeness (QED) is 0.672. The van der Waals surface area contributed by atoms with Crippen LogP contribution in [-0.2, 0) is 23.6 Å². The zero-order chi connectivity index (χ0) is 21.7. The molecule has 0 aliphatic carbocycles. The van der Waals surface area contributed by atoms with Crippen molar-refractivity contribution in [2.45, 2.75) is 18.8 Å². The summed E-state index contributed by atoms with van der Waals surface area (Å²) in [5.41, 5.74) is -2.12. The van der Waals surface area contributed by atoms with Gasteiger partial charge in [-0.1, -0.05) is 12.1 Å². The first-order valence-electron chi connectivity index (χ1n) is 8.31. The number of carbonyl (C=O) groups excluding carboxylic acids is 1. The van der Waals surface area contributed by atoms with Crippen molar-refractivity contribution in [3.8, 4) is 11.5 Å². The van der Waals surface area contributed by atoms with E-state index in [1.165, 1.54) is 7.11 Å². The SMILES string of the molecule is COc1ccc(CCNC(=O)COc2cc(C(F)(F)F)cc(C(F)(F)F)c2)cc1. The van der Waals surface area contributed by atoms with Gasteiger partial charge in [0.25, 0.3) is 5.91 Å². The molecule has 158 valence electrons. The van der Waals surface area contributed by atoms with Crippen LogP contribution in [0.15, 0.2) is 42.5 Å². The maximum absolute atomic E-state index is 12.8. The number of nitrogens with one attached hydrogen (secondary N) is 1. The van der Waals surface area contributed by atoms with Crippen LogP contribution in [0.1, 0.15) is 16.7 Å². The molecule has 0 atom stereocenters. The number of amides is 1. The van der Waals surface area contributed by atoms with Gasteiger partial charge in [-0.3, -0.25) is 4.79 Å². The molecule has 0 unspecified atom stereocenters. The molecule has 0 aliphatic heterocycles. The second kappa shape index (κ2) is 9.06. The second-order valence-corrected chi connectivity index (χ2v) is 5.98. The van der Waals surface area contributed by atoms with E-state index in [9.17, 15) is 31.1 Å². The Morgan fingerprint density at radius 3 is 1.93 bits per heavy atom. The topological polar surface area (TPSA) is 47.6 Å². The molecule has 0 fully saturated rings. The van der Waals surface area contributed by atoms with Gasteiger partial charge in [0.2, 0.25) is 0 Å². The lowest BCUT2D eigenvalue weighted by atomic mass is 10.1. The van der Waals surface area contributed by atoms with Crippen LogP contribution in [0.25, 0.3) is 0 Å². The standard InChI is InChI=1S/C19H17F6NO3/c1-28-15-4-2-12(3-5-15)6-7-26-17(27)11-29-16-9-13(18(20,21)22)8-14(10-16)19(23,24)25/h2-5,8-10H,6-7,11H2,1H3,(H,26,27). The van der Waals surface area contributed by atoms with E-state index in [4.69, 9.17) is 9.47 Å². The number of alkyl halides is 6. The summed E-state index contributed by atoms with van der Waals surface area (Å²) < 4.78 is 86.7. The van der Waals surface area contributed by atoms with E-state index in [-0.39, 0.29) is 12.6 Å².